The first-order valence-corrected chi connectivity index (χ1v) is 8.47. The van der Waals surface area contributed by atoms with Gasteiger partial charge in [-0.05, 0) is 30.5 Å². The topological polar surface area (TPSA) is 48.1 Å². The van der Waals surface area contributed by atoms with Crippen LogP contribution in [0.4, 0.5) is 0 Å². The van der Waals surface area contributed by atoms with Gasteiger partial charge in [-0.1, -0.05) is 32.4 Å². The summed E-state index contributed by atoms with van der Waals surface area (Å²) in [7, 11) is 0. The summed E-state index contributed by atoms with van der Waals surface area (Å²) in [6.07, 6.45) is 4.02. The highest BCUT2D eigenvalue weighted by atomic mass is 32.1. The van der Waals surface area contributed by atoms with Gasteiger partial charge in [-0.2, -0.15) is 0 Å². The van der Waals surface area contributed by atoms with E-state index in [1.807, 2.05) is 12.1 Å². The van der Waals surface area contributed by atoms with E-state index in [1.54, 1.807) is 11.3 Å². The fourth-order valence-corrected chi connectivity index (χ4v) is 3.19. The van der Waals surface area contributed by atoms with E-state index < -0.39 is 0 Å². The maximum atomic E-state index is 5.79. The number of hydrogen-bond donors (Lipinski definition) is 1. The number of rotatable bonds is 8. The number of aryl methyl sites for hydroxylation is 2. The summed E-state index contributed by atoms with van der Waals surface area (Å²) < 4.78 is 5.79. The van der Waals surface area contributed by atoms with Crippen molar-refractivity contribution in [2.75, 3.05) is 6.61 Å². The van der Waals surface area contributed by atoms with Gasteiger partial charge in [-0.25, -0.2) is 4.98 Å². The zero-order valence-electron chi connectivity index (χ0n) is 12.9. The first kappa shape index (κ1) is 16.0. The van der Waals surface area contributed by atoms with E-state index in [9.17, 15) is 0 Å². The third kappa shape index (κ3) is 4.55. The number of benzene rings is 1. The highest BCUT2D eigenvalue weighted by Crippen LogP contribution is 2.20. The van der Waals surface area contributed by atoms with Gasteiger partial charge in [0.15, 0.2) is 0 Å². The predicted octanol–water partition coefficient (Wildman–Crippen LogP) is 3.74. The molecular formula is C17H24N2OS. The van der Waals surface area contributed by atoms with Crippen LogP contribution in [-0.2, 0) is 25.8 Å². The van der Waals surface area contributed by atoms with Crippen molar-refractivity contribution in [3.8, 4) is 5.75 Å². The number of nitrogens with two attached hydrogens (primary N) is 1. The second kappa shape index (κ2) is 8.15. The van der Waals surface area contributed by atoms with Crippen LogP contribution < -0.4 is 10.5 Å². The molecule has 4 heteroatoms. The minimum Gasteiger partial charge on any atom is -0.493 e. The molecule has 0 amide bonds. The molecule has 0 saturated heterocycles. The number of nitrogens with zero attached hydrogens (tertiary/aromatic N) is 1. The molecule has 0 unspecified atom stereocenters. The second-order valence-electron chi connectivity index (χ2n) is 5.03. The fraction of sp³-hybridized carbons (Fsp3) is 0.471. The molecule has 2 rings (SSSR count). The van der Waals surface area contributed by atoms with Gasteiger partial charge in [0.25, 0.3) is 0 Å². The van der Waals surface area contributed by atoms with Gasteiger partial charge in [0.2, 0.25) is 0 Å². The van der Waals surface area contributed by atoms with Crippen molar-refractivity contribution in [2.24, 2.45) is 5.73 Å². The Morgan fingerprint density at radius 2 is 1.90 bits per heavy atom. The minimum atomic E-state index is 0.590. The summed E-state index contributed by atoms with van der Waals surface area (Å²) >= 11 is 1.72. The molecule has 0 bridgehead atoms. The summed E-state index contributed by atoms with van der Waals surface area (Å²) in [5.41, 5.74) is 8.29. The Hall–Kier alpha value is -1.39. The van der Waals surface area contributed by atoms with Gasteiger partial charge in [0.05, 0.1) is 17.3 Å². The molecule has 1 aromatic carbocycles. The zero-order valence-corrected chi connectivity index (χ0v) is 13.7. The van der Waals surface area contributed by atoms with Crippen LogP contribution >= 0.6 is 11.3 Å². The molecule has 1 heterocycles. The van der Waals surface area contributed by atoms with E-state index in [0.29, 0.717) is 13.2 Å². The van der Waals surface area contributed by atoms with E-state index in [-0.39, 0.29) is 0 Å². The van der Waals surface area contributed by atoms with Crippen LogP contribution in [0.15, 0.2) is 24.3 Å². The van der Waals surface area contributed by atoms with Crippen LogP contribution in [0.2, 0.25) is 0 Å². The van der Waals surface area contributed by atoms with E-state index in [1.165, 1.54) is 16.1 Å². The van der Waals surface area contributed by atoms with Crippen LogP contribution in [0.5, 0.6) is 5.75 Å². The second-order valence-corrected chi connectivity index (χ2v) is 6.20. The zero-order chi connectivity index (χ0) is 15.1. The van der Waals surface area contributed by atoms with E-state index in [0.717, 1.165) is 36.4 Å². The molecular weight excluding hydrogens is 280 g/mol. The minimum absolute atomic E-state index is 0.590. The number of thiazole rings is 1. The van der Waals surface area contributed by atoms with Crippen LogP contribution in [-0.4, -0.2) is 11.6 Å². The van der Waals surface area contributed by atoms with Gasteiger partial charge in [0.1, 0.15) is 5.75 Å². The Labute approximate surface area is 131 Å². The molecule has 21 heavy (non-hydrogen) atoms. The summed E-state index contributed by atoms with van der Waals surface area (Å²) in [5, 5.41) is 1.13. The summed E-state index contributed by atoms with van der Waals surface area (Å²) in [5.74, 6) is 0.927. The highest BCUT2D eigenvalue weighted by Gasteiger charge is 2.09. The summed E-state index contributed by atoms with van der Waals surface area (Å²) in [4.78, 5) is 5.91. The molecule has 0 atom stereocenters. The largest absolute Gasteiger partial charge is 0.493 e. The molecule has 0 saturated carbocycles. The van der Waals surface area contributed by atoms with Gasteiger partial charge in [-0.15, -0.1) is 11.3 Å². The van der Waals surface area contributed by atoms with Crippen LogP contribution in [0.25, 0.3) is 0 Å². The lowest BCUT2D eigenvalue weighted by Crippen LogP contribution is -2.01. The van der Waals surface area contributed by atoms with Crippen molar-refractivity contribution >= 4 is 11.3 Å². The molecule has 2 N–H and O–H groups in total. The Morgan fingerprint density at radius 3 is 2.52 bits per heavy atom. The van der Waals surface area contributed by atoms with Crippen molar-refractivity contribution in [3.05, 3.63) is 45.4 Å². The molecule has 0 spiro atoms. The normalized spacial score (nSPS) is 10.8. The molecule has 0 fully saturated rings. The fourth-order valence-electron chi connectivity index (χ4n) is 2.21. The quantitative estimate of drug-likeness (QED) is 0.808. The molecule has 0 aliphatic rings. The molecule has 1 aromatic heterocycles. The number of hydrogen-bond acceptors (Lipinski definition) is 4. The summed E-state index contributed by atoms with van der Waals surface area (Å²) in [6, 6.07) is 8.30. The Balaban J connectivity index is 1.87. The van der Waals surface area contributed by atoms with E-state index >= 15 is 0 Å². The molecule has 3 nitrogen and oxygen atoms in total. The standard InChI is InChI=1S/C17H24N2OS/c1-3-5-15-16(12-18)21-17(19-15)10-11-20-14-8-6-13(4-2)7-9-14/h6-9H,3-5,10-12,18H2,1-2H3. The number of ether oxygens (including phenoxy) is 1. The Bertz CT molecular complexity index is 548. The van der Waals surface area contributed by atoms with Crippen molar-refractivity contribution < 1.29 is 4.74 Å². The van der Waals surface area contributed by atoms with Gasteiger partial charge in [-0.3, -0.25) is 0 Å². The smallest absolute Gasteiger partial charge is 0.119 e. The monoisotopic (exact) mass is 304 g/mol. The lowest BCUT2D eigenvalue weighted by molar-refractivity contribution is 0.321. The van der Waals surface area contributed by atoms with E-state index in [4.69, 9.17) is 10.5 Å². The van der Waals surface area contributed by atoms with Crippen molar-refractivity contribution in [3.63, 3.8) is 0 Å². The van der Waals surface area contributed by atoms with Gasteiger partial charge < -0.3 is 10.5 Å². The molecule has 2 aromatic rings. The predicted molar refractivity (Wildman–Crippen MR) is 89.0 cm³/mol. The van der Waals surface area contributed by atoms with Gasteiger partial charge in [0, 0.05) is 17.8 Å². The Kier molecular flexibility index (Phi) is 6.21. The lowest BCUT2D eigenvalue weighted by Gasteiger charge is -2.05. The van der Waals surface area contributed by atoms with E-state index in [2.05, 4.69) is 31.0 Å². The maximum Gasteiger partial charge on any atom is 0.119 e. The molecule has 0 aliphatic carbocycles. The van der Waals surface area contributed by atoms with Crippen molar-refractivity contribution in [1.29, 1.82) is 0 Å². The maximum absolute atomic E-state index is 5.79. The average Bonchev–Trinajstić information content (AvgIpc) is 2.90. The van der Waals surface area contributed by atoms with Gasteiger partial charge >= 0.3 is 0 Å². The first-order valence-electron chi connectivity index (χ1n) is 7.66. The average molecular weight is 304 g/mol. The van der Waals surface area contributed by atoms with Crippen molar-refractivity contribution in [1.82, 2.24) is 4.98 Å². The lowest BCUT2D eigenvalue weighted by atomic mass is 10.2. The Morgan fingerprint density at radius 1 is 1.14 bits per heavy atom. The SMILES string of the molecule is CCCc1nc(CCOc2ccc(CC)cc2)sc1CN. The number of aromatic nitrogens is 1. The molecule has 114 valence electrons. The third-order valence-corrected chi connectivity index (χ3v) is 4.59. The van der Waals surface area contributed by atoms with Crippen molar-refractivity contribution in [2.45, 2.75) is 46.1 Å². The first-order chi connectivity index (χ1) is 10.3. The van der Waals surface area contributed by atoms with Crippen LogP contribution in [0, 0.1) is 0 Å². The third-order valence-electron chi connectivity index (χ3n) is 3.41. The van der Waals surface area contributed by atoms with Crippen LogP contribution in [0.3, 0.4) is 0 Å². The molecule has 0 radical (unpaired) electrons. The van der Waals surface area contributed by atoms with Crippen LogP contribution in [0.1, 0.15) is 41.4 Å². The summed E-state index contributed by atoms with van der Waals surface area (Å²) in [6.45, 7) is 5.57. The highest BCUT2D eigenvalue weighted by molar-refractivity contribution is 7.11. The molecule has 0 aliphatic heterocycles.